The molecule has 208 valence electrons. The van der Waals surface area contributed by atoms with Crippen molar-refractivity contribution >= 4 is 16.7 Å². The van der Waals surface area contributed by atoms with Crippen LogP contribution >= 0.6 is 0 Å². The zero-order valence-electron chi connectivity index (χ0n) is 23.7. The van der Waals surface area contributed by atoms with Gasteiger partial charge >= 0.3 is 0 Å². The molecule has 0 bridgehead atoms. The van der Waals surface area contributed by atoms with Crippen LogP contribution < -0.4 is 10.2 Å². The molecule has 0 radical (unpaired) electrons. The molecule has 2 atom stereocenters. The van der Waals surface area contributed by atoms with Gasteiger partial charge in [0, 0.05) is 25.2 Å². The highest BCUT2D eigenvalue weighted by Crippen LogP contribution is 2.40. The first-order valence-corrected chi connectivity index (χ1v) is 14.7. The third kappa shape index (κ3) is 4.64. The first-order chi connectivity index (χ1) is 20.7. The van der Waals surface area contributed by atoms with Crippen molar-refractivity contribution < 1.29 is 0 Å². The number of anilines is 1. The molecule has 1 aliphatic rings. The van der Waals surface area contributed by atoms with Crippen LogP contribution in [0.25, 0.3) is 10.8 Å². The van der Waals surface area contributed by atoms with Crippen molar-refractivity contribution in [3.63, 3.8) is 0 Å². The Morgan fingerprint density at radius 3 is 1.93 bits per heavy atom. The van der Waals surface area contributed by atoms with E-state index in [1.807, 2.05) is 23.0 Å². The van der Waals surface area contributed by atoms with Gasteiger partial charge in [-0.25, -0.2) is 0 Å². The first kappa shape index (κ1) is 26.1. The molecule has 6 heteroatoms. The minimum Gasteiger partial charge on any atom is -0.337 e. The van der Waals surface area contributed by atoms with Gasteiger partial charge < -0.3 is 10.2 Å². The largest absolute Gasteiger partial charge is 0.337 e. The van der Waals surface area contributed by atoms with E-state index in [0.717, 1.165) is 36.2 Å². The first-order valence-electron chi connectivity index (χ1n) is 14.7. The Morgan fingerprint density at radius 1 is 0.714 bits per heavy atom. The molecule has 2 heterocycles. The highest BCUT2D eigenvalue weighted by molar-refractivity contribution is 5.86. The molecule has 7 rings (SSSR count). The zero-order chi connectivity index (χ0) is 28.4. The second-order valence-corrected chi connectivity index (χ2v) is 11.1. The number of hydrogen-bond acceptors (Lipinski definition) is 5. The maximum atomic E-state index is 5.10. The summed E-state index contributed by atoms with van der Waals surface area (Å²) in [4.78, 5) is 4.06. The normalized spacial score (nSPS) is 16.1. The number of tetrazole rings is 1. The van der Waals surface area contributed by atoms with Crippen LogP contribution in [0.4, 0.5) is 5.95 Å². The smallest absolute Gasteiger partial charge is 0.266 e. The van der Waals surface area contributed by atoms with Crippen molar-refractivity contribution in [2.75, 3.05) is 18.0 Å². The van der Waals surface area contributed by atoms with Crippen LogP contribution in [-0.4, -0.2) is 39.3 Å². The maximum Gasteiger partial charge on any atom is 0.266 e. The van der Waals surface area contributed by atoms with Crippen LogP contribution in [0, 0.1) is 0 Å². The van der Waals surface area contributed by atoms with Crippen molar-refractivity contribution in [1.82, 2.24) is 25.5 Å². The van der Waals surface area contributed by atoms with Gasteiger partial charge in [0.25, 0.3) is 5.95 Å². The average Bonchev–Trinajstić information content (AvgIpc) is 3.73. The molecule has 6 aromatic rings. The molecule has 1 N–H and O–H groups in total. The number of rotatable bonds is 8. The summed E-state index contributed by atoms with van der Waals surface area (Å²) in [5.74, 6) is 0.657. The predicted molar refractivity (Wildman–Crippen MR) is 169 cm³/mol. The second-order valence-electron chi connectivity index (χ2n) is 11.1. The second kappa shape index (κ2) is 11.2. The molecule has 2 unspecified atom stereocenters. The third-order valence-electron chi connectivity index (χ3n) is 8.52. The Hall–Kier alpha value is -4.81. The average molecular weight is 551 g/mol. The van der Waals surface area contributed by atoms with Gasteiger partial charge in [0.2, 0.25) is 0 Å². The Balaban J connectivity index is 1.20. The van der Waals surface area contributed by atoms with E-state index < -0.39 is 5.54 Å². The van der Waals surface area contributed by atoms with Gasteiger partial charge in [0.05, 0.1) is 0 Å². The Morgan fingerprint density at radius 2 is 1.29 bits per heavy atom. The van der Waals surface area contributed by atoms with Crippen molar-refractivity contribution in [3.05, 3.63) is 156 Å². The Kier molecular flexibility index (Phi) is 6.98. The van der Waals surface area contributed by atoms with E-state index >= 15 is 0 Å². The summed E-state index contributed by atoms with van der Waals surface area (Å²) < 4.78 is 0. The van der Waals surface area contributed by atoms with Gasteiger partial charge in [-0.05, 0) is 51.6 Å². The summed E-state index contributed by atoms with van der Waals surface area (Å²) in [6.45, 7) is 3.96. The number of hydrogen-bond donors (Lipinski definition) is 1. The maximum absolute atomic E-state index is 5.10. The van der Waals surface area contributed by atoms with E-state index in [0.29, 0.717) is 12.0 Å². The standard InChI is InChI=1S/C36H34N6/c1-27(33-23-13-15-28-14-11-12-22-34(28)33)37-32-24-25-41(26-32)35-38-40-42(39-35)36(29-16-5-2-6-17-29,30-18-7-3-8-19-30)31-20-9-4-10-21-31/h2-23,27,32,37H,24-26H2,1H3. The van der Waals surface area contributed by atoms with Gasteiger partial charge in [-0.3, -0.25) is 0 Å². The van der Waals surface area contributed by atoms with Gasteiger partial charge in [-0.2, -0.15) is 0 Å². The van der Waals surface area contributed by atoms with Crippen LogP contribution in [0.2, 0.25) is 0 Å². The van der Waals surface area contributed by atoms with Crippen LogP contribution in [-0.2, 0) is 5.54 Å². The van der Waals surface area contributed by atoms with Crippen molar-refractivity contribution in [2.24, 2.45) is 0 Å². The van der Waals surface area contributed by atoms with Crippen LogP contribution in [0.15, 0.2) is 133 Å². The van der Waals surface area contributed by atoms with E-state index in [1.54, 1.807) is 0 Å². The van der Waals surface area contributed by atoms with Crippen molar-refractivity contribution in [3.8, 4) is 0 Å². The molecular weight excluding hydrogens is 516 g/mol. The number of nitrogens with zero attached hydrogens (tertiary/aromatic N) is 5. The van der Waals surface area contributed by atoms with Crippen molar-refractivity contribution in [2.45, 2.75) is 31.0 Å². The Bertz CT molecular complexity index is 1670. The Labute approximate surface area is 246 Å². The summed E-state index contributed by atoms with van der Waals surface area (Å²) in [5, 5.41) is 20.9. The molecule has 0 amide bonds. The van der Waals surface area contributed by atoms with Gasteiger partial charge in [-0.15, -0.1) is 9.90 Å². The molecule has 0 aliphatic carbocycles. The van der Waals surface area contributed by atoms with Crippen molar-refractivity contribution in [1.29, 1.82) is 0 Å². The number of aromatic nitrogens is 4. The molecule has 1 saturated heterocycles. The molecule has 0 saturated carbocycles. The highest BCUT2D eigenvalue weighted by atomic mass is 15.6. The molecule has 5 aromatic carbocycles. The fourth-order valence-corrected chi connectivity index (χ4v) is 6.51. The molecule has 1 fully saturated rings. The minimum absolute atomic E-state index is 0.228. The molecule has 6 nitrogen and oxygen atoms in total. The molecular formula is C36H34N6. The summed E-state index contributed by atoms with van der Waals surface area (Å²) in [6.07, 6.45) is 1.02. The third-order valence-corrected chi connectivity index (χ3v) is 8.52. The van der Waals surface area contributed by atoms with E-state index in [-0.39, 0.29) is 6.04 Å². The molecule has 42 heavy (non-hydrogen) atoms. The van der Waals surface area contributed by atoms with Crippen LogP contribution in [0.5, 0.6) is 0 Å². The summed E-state index contributed by atoms with van der Waals surface area (Å²) in [7, 11) is 0. The lowest BCUT2D eigenvalue weighted by atomic mass is 9.77. The zero-order valence-corrected chi connectivity index (χ0v) is 23.7. The fourth-order valence-electron chi connectivity index (χ4n) is 6.51. The van der Waals surface area contributed by atoms with Gasteiger partial charge in [0.1, 0.15) is 0 Å². The monoisotopic (exact) mass is 550 g/mol. The van der Waals surface area contributed by atoms with E-state index in [4.69, 9.17) is 10.3 Å². The van der Waals surface area contributed by atoms with E-state index in [1.165, 1.54) is 16.3 Å². The summed E-state index contributed by atoms with van der Waals surface area (Å²) >= 11 is 0. The lowest BCUT2D eigenvalue weighted by Crippen LogP contribution is -2.40. The fraction of sp³-hybridized carbons (Fsp3) is 0.194. The topological polar surface area (TPSA) is 58.9 Å². The summed E-state index contributed by atoms with van der Waals surface area (Å²) in [5.41, 5.74) is 3.80. The quantitative estimate of drug-likeness (QED) is 0.217. The van der Waals surface area contributed by atoms with Gasteiger partial charge in [-0.1, -0.05) is 139 Å². The molecule has 1 aromatic heterocycles. The van der Waals surface area contributed by atoms with E-state index in [9.17, 15) is 0 Å². The predicted octanol–water partition coefficient (Wildman–Crippen LogP) is 6.60. The van der Waals surface area contributed by atoms with E-state index in [2.05, 4.69) is 138 Å². The minimum atomic E-state index is -0.769. The number of benzene rings is 5. The lowest BCUT2D eigenvalue weighted by molar-refractivity contribution is 0.395. The number of nitrogens with one attached hydrogen (secondary N) is 1. The summed E-state index contributed by atoms with van der Waals surface area (Å²) in [6, 6.07) is 47.2. The van der Waals surface area contributed by atoms with Crippen LogP contribution in [0.1, 0.15) is 41.6 Å². The van der Waals surface area contributed by atoms with Gasteiger partial charge in [0.15, 0.2) is 5.54 Å². The number of fused-ring (bicyclic) bond motifs is 1. The SMILES string of the molecule is CC(NC1CCN(c2nnn(C(c3ccccc3)(c3ccccc3)c3ccccc3)n2)C1)c1cccc2ccccc12. The highest BCUT2D eigenvalue weighted by Gasteiger charge is 2.41. The lowest BCUT2D eigenvalue weighted by Gasteiger charge is -2.34. The van der Waals surface area contributed by atoms with Crippen LogP contribution in [0.3, 0.4) is 0 Å². The molecule has 1 aliphatic heterocycles. The molecule has 0 spiro atoms.